The average Bonchev–Trinajstić information content (AvgIpc) is 2.82. The molecule has 7 heteroatoms. The first-order valence-electron chi connectivity index (χ1n) is 7.72. The maximum absolute atomic E-state index is 13.1. The Labute approximate surface area is 141 Å². The molecule has 0 radical (unpaired) electrons. The topological polar surface area (TPSA) is 37.4 Å². The largest absolute Gasteiger partial charge is 0.417 e. The number of amides is 2. The fraction of sp³-hybridized carbons (Fsp3) is 0.412. The molecule has 0 aromatic heterocycles. The van der Waals surface area contributed by atoms with Crippen LogP contribution in [0.25, 0.3) is 0 Å². The molecule has 1 aromatic carbocycles. The summed E-state index contributed by atoms with van der Waals surface area (Å²) in [6.07, 6.45) is 0.958. The molecule has 0 unspecified atom stereocenters. The van der Waals surface area contributed by atoms with E-state index in [4.69, 9.17) is 11.6 Å². The van der Waals surface area contributed by atoms with Gasteiger partial charge in [0, 0.05) is 0 Å². The minimum atomic E-state index is -4.65. The molecule has 126 valence electrons. The van der Waals surface area contributed by atoms with Crippen LogP contribution in [0.15, 0.2) is 30.4 Å². The lowest BCUT2D eigenvalue weighted by molar-refractivity contribution is -0.137. The molecule has 2 bridgehead atoms. The second-order valence-electron chi connectivity index (χ2n) is 6.52. The Morgan fingerprint density at radius 2 is 1.54 bits per heavy atom. The zero-order chi connectivity index (χ0) is 17.2. The smallest absolute Gasteiger partial charge is 0.274 e. The van der Waals surface area contributed by atoms with Crippen molar-refractivity contribution in [3.8, 4) is 0 Å². The Bertz CT molecular complexity index is 742. The third kappa shape index (κ3) is 2.12. The van der Waals surface area contributed by atoms with Crippen molar-refractivity contribution in [1.82, 2.24) is 0 Å². The van der Waals surface area contributed by atoms with Crippen molar-refractivity contribution < 1.29 is 22.8 Å². The lowest BCUT2D eigenvalue weighted by atomic mass is 9.63. The van der Waals surface area contributed by atoms with Gasteiger partial charge in [0.05, 0.1) is 28.1 Å². The van der Waals surface area contributed by atoms with Gasteiger partial charge in [-0.15, -0.1) is 0 Å². The number of benzene rings is 1. The van der Waals surface area contributed by atoms with Gasteiger partial charge in [-0.05, 0) is 42.9 Å². The van der Waals surface area contributed by atoms with Crippen LogP contribution in [0.3, 0.4) is 0 Å². The molecule has 0 N–H and O–H groups in total. The van der Waals surface area contributed by atoms with Crippen LogP contribution in [0.1, 0.15) is 18.4 Å². The van der Waals surface area contributed by atoms with Crippen LogP contribution in [0.2, 0.25) is 5.02 Å². The lowest BCUT2D eigenvalue weighted by Gasteiger charge is -2.38. The van der Waals surface area contributed by atoms with Gasteiger partial charge in [0.1, 0.15) is 0 Å². The maximum atomic E-state index is 13.1. The Balaban J connectivity index is 1.76. The lowest BCUT2D eigenvalue weighted by Crippen LogP contribution is -2.38. The summed E-state index contributed by atoms with van der Waals surface area (Å²) in [6.45, 7) is 0. The van der Waals surface area contributed by atoms with Crippen molar-refractivity contribution in [2.45, 2.75) is 19.0 Å². The highest BCUT2D eigenvalue weighted by Gasteiger charge is 2.57. The number of halogens is 4. The number of hydrogen-bond acceptors (Lipinski definition) is 2. The number of carbonyl (C=O) groups excluding carboxylic acids is 2. The number of anilines is 1. The summed E-state index contributed by atoms with van der Waals surface area (Å²) in [7, 11) is 0. The van der Waals surface area contributed by atoms with Gasteiger partial charge >= 0.3 is 6.18 Å². The van der Waals surface area contributed by atoms with Gasteiger partial charge in [-0.1, -0.05) is 23.8 Å². The molecule has 5 rings (SSSR count). The van der Waals surface area contributed by atoms with E-state index in [1.54, 1.807) is 0 Å². The van der Waals surface area contributed by atoms with Crippen molar-refractivity contribution in [2.75, 3.05) is 4.90 Å². The number of rotatable bonds is 1. The zero-order valence-corrected chi connectivity index (χ0v) is 13.1. The molecule has 1 aliphatic heterocycles. The molecule has 2 amide bonds. The SMILES string of the molecule is O=C1[C@@H]2[C@@H](C(=O)N1c1ccc(Cl)c(C(F)(F)F)c1)[C@H]1C=C[C@@H]2CC1. The quantitative estimate of drug-likeness (QED) is 0.562. The summed E-state index contributed by atoms with van der Waals surface area (Å²) >= 11 is 5.62. The molecule has 1 saturated carbocycles. The number of nitrogens with zero attached hydrogens (tertiary/aromatic N) is 1. The van der Waals surface area contributed by atoms with Crippen LogP contribution in [0.5, 0.6) is 0 Å². The maximum Gasteiger partial charge on any atom is 0.417 e. The van der Waals surface area contributed by atoms with E-state index >= 15 is 0 Å². The molecule has 24 heavy (non-hydrogen) atoms. The number of imide groups is 1. The minimum absolute atomic E-state index is 0.00385. The standard InChI is InChI=1S/C17H13ClF3NO2/c18-12-6-5-10(7-11(12)17(19,20)21)22-15(23)13-8-1-2-9(4-3-8)14(13)16(22)24/h1-2,5-9,13-14H,3-4H2/t8-,9+,13-,14-/m0/s1. The van der Waals surface area contributed by atoms with Gasteiger partial charge in [0.25, 0.3) is 0 Å². The predicted octanol–water partition coefficient (Wildman–Crippen LogP) is 4.06. The van der Waals surface area contributed by atoms with Gasteiger partial charge in [-0.2, -0.15) is 13.2 Å². The van der Waals surface area contributed by atoms with E-state index in [0.717, 1.165) is 29.9 Å². The summed E-state index contributed by atoms with van der Waals surface area (Å²) in [6, 6.07) is 3.15. The normalized spacial score (nSPS) is 31.8. The third-order valence-electron chi connectivity index (χ3n) is 5.27. The summed E-state index contributed by atoms with van der Waals surface area (Å²) in [5.41, 5.74) is -1.10. The summed E-state index contributed by atoms with van der Waals surface area (Å²) in [5.74, 6) is -1.72. The van der Waals surface area contributed by atoms with Gasteiger partial charge in [0.2, 0.25) is 11.8 Å². The summed E-state index contributed by atoms with van der Waals surface area (Å²) < 4.78 is 39.2. The van der Waals surface area contributed by atoms with Crippen LogP contribution >= 0.6 is 11.6 Å². The number of carbonyl (C=O) groups is 2. The monoisotopic (exact) mass is 355 g/mol. The Hall–Kier alpha value is -1.82. The van der Waals surface area contributed by atoms with Crippen molar-refractivity contribution in [2.24, 2.45) is 23.7 Å². The van der Waals surface area contributed by atoms with Crippen LogP contribution in [-0.4, -0.2) is 11.8 Å². The molecule has 1 saturated heterocycles. The Morgan fingerprint density at radius 3 is 2.00 bits per heavy atom. The van der Waals surface area contributed by atoms with Crippen LogP contribution in [0.4, 0.5) is 18.9 Å². The Morgan fingerprint density at radius 1 is 1.00 bits per heavy atom. The minimum Gasteiger partial charge on any atom is -0.274 e. The second-order valence-corrected chi connectivity index (χ2v) is 6.92. The first-order valence-corrected chi connectivity index (χ1v) is 8.09. The van der Waals surface area contributed by atoms with E-state index in [-0.39, 0.29) is 17.5 Å². The van der Waals surface area contributed by atoms with Crippen molar-refractivity contribution >= 4 is 29.1 Å². The third-order valence-corrected chi connectivity index (χ3v) is 5.60. The van der Waals surface area contributed by atoms with E-state index in [2.05, 4.69) is 0 Å². The second kappa shape index (κ2) is 5.09. The number of hydrogen-bond donors (Lipinski definition) is 0. The van der Waals surface area contributed by atoms with Gasteiger partial charge in [0.15, 0.2) is 0 Å². The van der Waals surface area contributed by atoms with E-state index in [9.17, 15) is 22.8 Å². The van der Waals surface area contributed by atoms with Crippen molar-refractivity contribution in [1.29, 1.82) is 0 Å². The van der Waals surface area contributed by atoms with E-state index in [0.29, 0.717) is 0 Å². The predicted molar refractivity (Wildman–Crippen MR) is 81.3 cm³/mol. The molecule has 0 spiro atoms. The van der Waals surface area contributed by atoms with E-state index in [1.807, 2.05) is 12.2 Å². The molecular formula is C17H13ClF3NO2. The van der Waals surface area contributed by atoms with E-state index in [1.165, 1.54) is 6.07 Å². The number of fused-ring (bicyclic) bond motifs is 1. The molecule has 1 aromatic rings. The molecule has 4 aliphatic rings. The van der Waals surface area contributed by atoms with Crippen LogP contribution < -0.4 is 4.90 Å². The zero-order valence-electron chi connectivity index (χ0n) is 12.4. The molecule has 3 aliphatic carbocycles. The summed E-state index contributed by atoms with van der Waals surface area (Å²) in [4.78, 5) is 26.4. The first kappa shape index (κ1) is 15.7. The molecule has 3 nitrogen and oxygen atoms in total. The highest BCUT2D eigenvalue weighted by Crippen LogP contribution is 2.50. The number of allylic oxidation sites excluding steroid dienone is 2. The number of alkyl halides is 3. The van der Waals surface area contributed by atoms with Gasteiger partial charge in [-0.3, -0.25) is 14.5 Å². The highest BCUT2D eigenvalue weighted by molar-refractivity contribution is 6.31. The van der Waals surface area contributed by atoms with Crippen molar-refractivity contribution in [3.63, 3.8) is 0 Å². The van der Waals surface area contributed by atoms with Gasteiger partial charge < -0.3 is 0 Å². The first-order chi connectivity index (χ1) is 11.3. The highest BCUT2D eigenvalue weighted by atomic mass is 35.5. The van der Waals surface area contributed by atoms with E-state index < -0.39 is 40.4 Å². The Kier molecular flexibility index (Phi) is 3.33. The van der Waals surface area contributed by atoms with Crippen molar-refractivity contribution in [3.05, 3.63) is 40.9 Å². The van der Waals surface area contributed by atoms with Gasteiger partial charge in [-0.25, -0.2) is 0 Å². The molecule has 4 atom stereocenters. The molecule has 2 fully saturated rings. The fourth-order valence-corrected chi connectivity index (χ4v) is 4.42. The average molecular weight is 356 g/mol. The molecule has 1 heterocycles. The van der Waals surface area contributed by atoms with Crippen LogP contribution in [-0.2, 0) is 15.8 Å². The fourth-order valence-electron chi connectivity index (χ4n) is 4.20. The van der Waals surface area contributed by atoms with Crippen LogP contribution in [0, 0.1) is 23.7 Å². The summed E-state index contributed by atoms with van der Waals surface area (Å²) in [5, 5.41) is -0.454. The molecular weight excluding hydrogens is 343 g/mol.